The zero-order valence-corrected chi connectivity index (χ0v) is 12.2. The molecule has 0 spiro atoms. The number of nitrogens with two attached hydrogens (primary N) is 1. The Morgan fingerprint density at radius 2 is 1.74 bits per heavy atom. The summed E-state index contributed by atoms with van der Waals surface area (Å²) < 4.78 is 0. The van der Waals surface area contributed by atoms with Gasteiger partial charge in [0.1, 0.15) is 0 Å². The second-order valence-corrected chi connectivity index (χ2v) is 7.62. The van der Waals surface area contributed by atoms with Crippen molar-refractivity contribution in [2.24, 2.45) is 23.5 Å². The minimum atomic E-state index is 0.181. The van der Waals surface area contributed by atoms with Crippen molar-refractivity contribution in [2.75, 3.05) is 0 Å². The molecule has 0 aromatic carbocycles. The van der Waals surface area contributed by atoms with Crippen molar-refractivity contribution in [1.82, 2.24) is 5.32 Å². The van der Waals surface area contributed by atoms with E-state index >= 15 is 0 Å². The van der Waals surface area contributed by atoms with Crippen molar-refractivity contribution < 1.29 is 4.79 Å². The molecule has 108 valence electrons. The smallest absolute Gasteiger partial charge is 0.220 e. The number of nitrogens with one attached hydrogen (secondary N) is 1. The molecule has 4 aliphatic carbocycles. The summed E-state index contributed by atoms with van der Waals surface area (Å²) in [6, 6.07) is 0.215. The van der Waals surface area contributed by atoms with Crippen LogP contribution in [0.4, 0.5) is 0 Å². The lowest BCUT2D eigenvalue weighted by Crippen LogP contribution is -2.59. The van der Waals surface area contributed by atoms with E-state index in [1.807, 2.05) is 6.92 Å². The fourth-order valence-corrected chi connectivity index (χ4v) is 5.21. The molecule has 0 heterocycles. The summed E-state index contributed by atoms with van der Waals surface area (Å²) in [5.74, 6) is 2.96. The van der Waals surface area contributed by atoms with Crippen LogP contribution in [0, 0.1) is 17.8 Å². The van der Waals surface area contributed by atoms with Gasteiger partial charge in [-0.3, -0.25) is 4.79 Å². The highest BCUT2D eigenvalue weighted by molar-refractivity contribution is 5.76. The van der Waals surface area contributed by atoms with Crippen LogP contribution in [-0.4, -0.2) is 17.5 Å². The number of hydrogen-bond donors (Lipinski definition) is 2. The van der Waals surface area contributed by atoms with E-state index in [0.717, 1.165) is 30.6 Å². The average Bonchev–Trinajstić information content (AvgIpc) is 2.25. The summed E-state index contributed by atoms with van der Waals surface area (Å²) in [7, 11) is 0. The second-order valence-electron chi connectivity index (χ2n) is 7.62. The van der Waals surface area contributed by atoms with E-state index in [1.165, 1.54) is 38.5 Å². The summed E-state index contributed by atoms with van der Waals surface area (Å²) in [5, 5.41) is 3.42. The number of rotatable bonds is 5. The molecule has 0 aliphatic heterocycles. The number of hydrogen-bond acceptors (Lipinski definition) is 2. The highest BCUT2D eigenvalue weighted by atomic mass is 16.1. The van der Waals surface area contributed by atoms with Crippen molar-refractivity contribution >= 4 is 5.91 Å². The van der Waals surface area contributed by atoms with Gasteiger partial charge in [0.05, 0.1) is 0 Å². The molecule has 1 amide bonds. The molecule has 4 rings (SSSR count). The Hall–Kier alpha value is -0.570. The van der Waals surface area contributed by atoms with Crippen LogP contribution in [-0.2, 0) is 4.79 Å². The van der Waals surface area contributed by atoms with Crippen LogP contribution in [0.5, 0.6) is 0 Å². The third kappa shape index (κ3) is 2.96. The van der Waals surface area contributed by atoms with Crippen molar-refractivity contribution in [2.45, 2.75) is 76.3 Å². The van der Waals surface area contributed by atoms with Crippen LogP contribution in [0.3, 0.4) is 0 Å². The van der Waals surface area contributed by atoms with Gasteiger partial charge in [0.25, 0.3) is 0 Å². The molecule has 0 aromatic heterocycles. The summed E-state index contributed by atoms with van der Waals surface area (Å²) in [5.41, 5.74) is 5.92. The SMILES string of the molecule is CC(N)CCCC(=O)NC12CC3CC(CC(C3)C1)C2. The highest BCUT2D eigenvalue weighted by Crippen LogP contribution is 2.55. The van der Waals surface area contributed by atoms with Crippen molar-refractivity contribution in [1.29, 1.82) is 0 Å². The van der Waals surface area contributed by atoms with Crippen LogP contribution in [0.25, 0.3) is 0 Å². The minimum absolute atomic E-state index is 0.181. The Morgan fingerprint density at radius 1 is 1.21 bits per heavy atom. The third-order valence-electron chi connectivity index (χ3n) is 5.51. The van der Waals surface area contributed by atoms with Crippen molar-refractivity contribution in [3.8, 4) is 0 Å². The maximum Gasteiger partial charge on any atom is 0.220 e. The first kappa shape index (κ1) is 13.4. The first-order valence-corrected chi connectivity index (χ1v) is 8.11. The molecule has 3 nitrogen and oxygen atoms in total. The predicted octanol–water partition coefficient (Wildman–Crippen LogP) is 2.59. The van der Waals surface area contributed by atoms with E-state index in [4.69, 9.17) is 5.73 Å². The molecule has 4 aliphatic rings. The molecule has 0 aromatic rings. The number of carbonyl (C=O) groups is 1. The average molecular weight is 264 g/mol. The van der Waals surface area contributed by atoms with Gasteiger partial charge in [0.2, 0.25) is 5.91 Å². The summed E-state index contributed by atoms with van der Waals surface area (Å²) in [4.78, 5) is 12.2. The first-order valence-electron chi connectivity index (χ1n) is 8.11. The monoisotopic (exact) mass is 264 g/mol. The maximum absolute atomic E-state index is 12.2. The van der Waals surface area contributed by atoms with Gasteiger partial charge in [0.15, 0.2) is 0 Å². The quantitative estimate of drug-likeness (QED) is 0.802. The van der Waals surface area contributed by atoms with Gasteiger partial charge < -0.3 is 11.1 Å². The fourth-order valence-electron chi connectivity index (χ4n) is 5.21. The highest BCUT2D eigenvalue weighted by Gasteiger charge is 2.51. The molecule has 19 heavy (non-hydrogen) atoms. The Kier molecular flexibility index (Phi) is 3.59. The molecule has 3 N–H and O–H groups in total. The Morgan fingerprint density at radius 3 is 2.21 bits per heavy atom. The first-order chi connectivity index (χ1) is 9.05. The van der Waals surface area contributed by atoms with Crippen LogP contribution < -0.4 is 11.1 Å². The maximum atomic E-state index is 12.2. The lowest BCUT2D eigenvalue weighted by molar-refractivity contribution is -0.127. The zero-order valence-electron chi connectivity index (χ0n) is 12.2. The molecule has 1 unspecified atom stereocenters. The van der Waals surface area contributed by atoms with E-state index in [0.29, 0.717) is 6.42 Å². The van der Waals surface area contributed by atoms with Crippen molar-refractivity contribution in [3.63, 3.8) is 0 Å². The van der Waals surface area contributed by atoms with Crippen LogP contribution in [0.2, 0.25) is 0 Å². The van der Waals surface area contributed by atoms with E-state index in [9.17, 15) is 4.79 Å². The molecule has 4 saturated carbocycles. The van der Waals surface area contributed by atoms with Gasteiger partial charge in [-0.2, -0.15) is 0 Å². The van der Waals surface area contributed by atoms with Gasteiger partial charge in [0, 0.05) is 18.0 Å². The third-order valence-corrected chi connectivity index (χ3v) is 5.51. The summed E-state index contributed by atoms with van der Waals surface area (Å²) in [6.07, 6.45) is 10.6. The van der Waals surface area contributed by atoms with E-state index in [1.54, 1.807) is 0 Å². The normalized spacial score (nSPS) is 41.3. The Balaban J connectivity index is 1.53. The molecule has 4 bridgehead atoms. The standard InChI is InChI=1S/C16H28N2O/c1-11(17)3-2-4-15(19)18-16-8-12-5-13(9-16)7-14(6-12)10-16/h11-14H,2-10,17H2,1H3,(H,18,19). The molecule has 3 heteroatoms. The Bertz CT molecular complexity index is 315. The van der Waals surface area contributed by atoms with Gasteiger partial charge in [-0.1, -0.05) is 0 Å². The zero-order chi connectivity index (χ0) is 13.5. The summed E-state index contributed by atoms with van der Waals surface area (Å²) >= 11 is 0. The van der Waals surface area contributed by atoms with Gasteiger partial charge in [-0.15, -0.1) is 0 Å². The number of amides is 1. The predicted molar refractivity (Wildman–Crippen MR) is 76.5 cm³/mol. The molecule has 1 atom stereocenters. The topological polar surface area (TPSA) is 55.1 Å². The van der Waals surface area contributed by atoms with E-state index < -0.39 is 0 Å². The Labute approximate surface area is 116 Å². The van der Waals surface area contributed by atoms with Gasteiger partial charge >= 0.3 is 0 Å². The summed E-state index contributed by atoms with van der Waals surface area (Å²) in [6.45, 7) is 2.01. The van der Waals surface area contributed by atoms with Gasteiger partial charge in [-0.05, 0) is 76.0 Å². The van der Waals surface area contributed by atoms with E-state index in [-0.39, 0.29) is 17.5 Å². The molecular formula is C16H28N2O. The molecule has 0 radical (unpaired) electrons. The largest absolute Gasteiger partial charge is 0.351 e. The van der Waals surface area contributed by atoms with Crippen LogP contribution >= 0.6 is 0 Å². The fraction of sp³-hybridized carbons (Fsp3) is 0.938. The van der Waals surface area contributed by atoms with Gasteiger partial charge in [-0.25, -0.2) is 0 Å². The van der Waals surface area contributed by atoms with Crippen LogP contribution in [0.1, 0.15) is 64.7 Å². The minimum Gasteiger partial charge on any atom is -0.351 e. The lowest BCUT2D eigenvalue weighted by Gasteiger charge is -2.56. The lowest BCUT2D eigenvalue weighted by atomic mass is 9.53. The molecule has 4 fully saturated rings. The molecule has 0 saturated heterocycles. The van der Waals surface area contributed by atoms with E-state index in [2.05, 4.69) is 5.32 Å². The van der Waals surface area contributed by atoms with Crippen molar-refractivity contribution in [3.05, 3.63) is 0 Å². The number of carbonyl (C=O) groups excluding carboxylic acids is 1. The second kappa shape index (κ2) is 5.08. The van der Waals surface area contributed by atoms with Crippen LogP contribution in [0.15, 0.2) is 0 Å². The molecular weight excluding hydrogens is 236 g/mol.